The van der Waals surface area contributed by atoms with Crippen LogP contribution < -0.4 is 21.1 Å². The molecule has 3 nitrogen and oxygen atoms in total. The third-order valence-electron chi connectivity index (χ3n) is 8.47. The van der Waals surface area contributed by atoms with E-state index in [0.717, 1.165) is 22.9 Å². The predicted octanol–water partition coefficient (Wildman–Crippen LogP) is 6.20. The summed E-state index contributed by atoms with van der Waals surface area (Å²) in [6.45, 7) is 13.7. The zero-order chi connectivity index (χ0) is 25.4. The fraction of sp³-hybridized carbons (Fsp3) is 0.242. The van der Waals surface area contributed by atoms with Gasteiger partial charge in [-0.1, -0.05) is 90.1 Å². The van der Waals surface area contributed by atoms with Crippen LogP contribution in [0.25, 0.3) is 38.8 Å². The highest BCUT2D eigenvalue weighted by Gasteiger charge is 2.46. The molecule has 180 valence electrons. The molecule has 0 unspecified atom stereocenters. The van der Waals surface area contributed by atoms with Gasteiger partial charge in [-0.05, 0) is 67.8 Å². The molecule has 3 aliphatic heterocycles. The Bertz CT molecular complexity index is 1830. The van der Waals surface area contributed by atoms with Crippen molar-refractivity contribution in [3.8, 4) is 39.4 Å². The highest BCUT2D eigenvalue weighted by atomic mass is 16.5. The van der Waals surface area contributed by atoms with Crippen molar-refractivity contribution in [2.24, 2.45) is 0 Å². The van der Waals surface area contributed by atoms with Crippen LogP contribution in [-0.4, -0.2) is 16.5 Å². The Morgan fingerprint density at radius 1 is 0.676 bits per heavy atom. The van der Waals surface area contributed by atoms with E-state index in [1.54, 1.807) is 0 Å². The molecule has 4 aromatic carbocycles. The van der Waals surface area contributed by atoms with E-state index in [0.29, 0.717) is 0 Å². The van der Waals surface area contributed by atoms with Crippen LogP contribution in [0.5, 0.6) is 11.5 Å². The number of hydrogen-bond donors (Lipinski definition) is 0. The lowest BCUT2D eigenvalue weighted by atomic mass is 9.33. The van der Waals surface area contributed by atoms with Crippen LogP contribution in [-0.2, 0) is 10.8 Å². The van der Waals surface area contributed by atoms with Gasteiger partial charge in [-0.3, -0.25) is 0 Å². The first-order valence-electron chi connectivity index (χ1n) is 13.3. The largest absolute Gasteiger partial charge is 0.458 e. The summed E-state index contributed by atoms with van der Waals surface area (Å²) in [7, 11) is 0. The Hall–Kier alpha value is -3.79. The second-order valence-electron chi connectivity index (χ2n) is 12.9. The van der Waals surface area contributed by atoms with E-state index < -0.39 is 0 Å². The fourth-order valence-electron chi connectivity index (χ4n) is 6.75. The minimum absolute atomic E-state index is 0.0159. The molecule has 37 heavy (non-hydrogen) atoms. The van der Waals surface area contributed by atoms with Gasteiger partial charge in [-0.25, -0.2) is 4.68 Å². The molecule has 4 heterocycles. The number of fused-ring (bicyclic) bond motifs is 4. The second kappa shape index (κ2) is 6.55. The van der Waals surface area contributed by atoms with Gasteiger partial charge >= 0.3 is 0 Å². The summed E-state index contributed by atoms with van der Waals surface area (Å²) in [6, 6.07) is 24.7. The highest BCUT2D eigenvalue weighted by Crippen LogP contribution is 2.44. The van der Waals surface area contributed by atoms with Gasteiger partial charge < -0.3 is 4.74 Å². The second-order valence-corrected chi connectivity index (χ2v) is 12.9. The molecule has 4 heteroatoms. The molecule has 0 amide bonds. The lowest BCUT2D eigenvalue weighted by molar-refractivity contribution is 0.482. The average molecular weight is 480 g/mol. The number of hydrogen-bond acceptors (Lipinski definition) is 2. The molecule has 1 aromatic heterocycles. The first-order chi connectivity index (χ1) is 17.6. The van der Waals surface area contributed by atoms with Gasteiger partial charge in [0.2, 0.25) is 0 Å². The maximum absolute atomic E-state index is 6.78. The minimum Gasteiger partial charge on any atom is -0.458 e. The zero-order valence-electron chi connectivity index (χ0n) is 22.2. The third kappa shape index (κ3) is 2.61. The Kier molecular flexibility index (Phi) is 3.77. The fourth-order valence-corrected chi connectivity index (χ4v) is 6.75. The maximum Gasteiger partial charge on any atom is 0.258 e. The van der Waals surface area contributed by atoms with Crippen molar-refractivity contribution < 1.29 is 4.74 Å². The average Bonchev–Trinajstić information content (AvgIpc) is 3.20. The molecule has 0 spiro atoms. The van der Waals surface area contributed by atoms with Crippen molar-refractivity contribution in [2.75, 3.05) is 0 Å². The molecule has 0 N–H and O–H groups in total. The van der Waals surface area contributed by atoms with Crippen LogP contribution in [0.3, 0.4) is 0 Å². The molecule has 5 aromatic rings. The molecule has 0 fully saturated rings. The van der Waals surface area contributed by atoms with E-state index >= 15 is 0 Å². The summed E-state index contributed by atoms with van der Waals surface area (Å²) in [4.78, 5) is 0. The Labute approximate surface area is 218 Å². The van der Waals surface area contributed by atoms with Crippen LogP contribution in [0.15, 0.2) is 66.7 Å². The van der Waals surface area contributed by atoms with Gasteiger partial charge in [0.1, 0.15) is 11.5 Å². The molecule has 0 aliphatic carbocycles. The summed E-state index contributed by atoms with van der Waals surface area (Å²) in [6.07, 6.45) is 0. The molecular weight excluding hydrogens is 451 g/mol. The molecule has 0 bridgehead atoms. The van der Waals surface area contributed by atoms with E-state index in [9.17, 15) is 0 Å². The maximum atomic E-state index is 6.78. The van der Waals surface area contributed by atoms with E-state index in [2.05, 4.69) is 113 Å². The Morgan fingerprint density at radius 2 is 1.38 bits per heavy atom. The van der Waals surface area contributed by atoms with Gasteiger partial charge in [0.25, 0.3) is 6.71 Å². The van der Waals surface area contributed by atoms with E-state index in [1.165, 1.54) is 55.1 Å². The summed E-state index contributed by atoms with van der Waals surface area (Å²) < 4.78 is 9.02. The zero-order valence-corrected chi connectivity index (χ0v) is 22.2. The lowest BCUT2D eigenvalue weighted by Crippen LogP contribution is -2.59. The van der Waals surface area contributed by atoms with Gasteiger partial charge in [-0.15, -0.1) is 0 Å². The van der Waals surface area contributed by atoms with Crippen LogP contribution in [0, 0.1) is 0 Å². The molecule has 0 saturated heterocycles. The Morgan fingerprint density at radius 3 is 2.08 bits per heavy atom. The predicted molar refractivity (Wildman–Crippen MR) is 154 cm³/mol. The van der Waals surface area contributed by atoms with Gasteiger partial charge in [0, 0.05) is 10.8 Å². The van der Waals surface area contributed by atoms with Crippen molar-refractivity contribution in [3.05, 3.63) is 78.0 Å². The number of ether oxygens (including phenoxy) is 1. The van der Waals surface area contributed by atoms with E-state index in [4.69, 9.17) is 9.84 Å². The third-order valence-corrected chi connectivity index (χ3v) is 8.47. The SMILES string of the molecule is CC(C)(C)c1cc2c3c(c1)-n1nc(C(C)(C)C)c4ccc5c(c41)B3c1c(cccc1-c1ccccc1-5)O2. The standard InChI is InChI=1S/C33H29BN2O/c1-32(2,3)18-16-24-29-26(17-18)37-25-13-9-12-21-19-10-7-8-11-20(19)22-14-15-23-30(28(22)34(29)27(21)25)36(24)35-31(23)33(4,5)6/h7-17H,1-6H3. The summed E-state index contributed by atoms with van der Waals surface area (Å²) in [5, 5.41) is 6.61. The summed E-state index contributed by atoms with van der Waals surface area (Å²) in [5.41, 5.74) is 13.7. The topological polar surface area (TPSA) is 27.1 Å². The van der Waals surface area contributed by atoms with Crippen LogP contribution >= 0.6 is 0 Å². The van der Waals surface area contributed by atoms with Crippen molar-refractivity contribution in [3.63, 3.8) is 0 Å². The first-order valence-corrected chi connectivity index (χ1v) is 13.3. The van der Waals surface area contributed by atoms with E-state index in [-0.39, 0.29) is 17.5 Å². The first kappa shape index (κ1) is 21.3. The Balaban J connectivity index is 1.64. The van der Waals surface area contributed by atoms with Gasteiger partial charge in [-0.2, -0.15) is 5.10 Å². The number of nitrogens with zero attached hydrogens (tertiary/aromatic N) is 2. The van der Waals surface area contributed by atoms with Crippen molar-refractivity contribution in [1.82, 2.24) is 9.78 Å². The van der Waals surface area contributed by atoms with E-state index in [1.807, 2.05) is 0 Å². The van der Waals surface area contributed by atoms with Gasteiger partial charge in [0.15, 0.2) is 0 Å². The minimum atomic E-state index is -0.0788. The molecule has 0 saturated carbocycles. The quantitative estimate of drug-likeness (QED) is 0.242. The van der Waals surface area contributed by atoms with Crippen LogP contribution in [0.1, 0.15) is 52.8 Å². The molecule has 8 rings (SSSR count). The van der Waals surface area contributed by atoms with Crippen molar-refractivity contribution in [1.29, 1.82) is 0 Å². The molecule has 0 radical (unpaired) electrons. The molecule has 3 aliphatic rings. The monoisotopic (exact) mass is 480 g/mol. The number of benzene rings is 4. The molecule has 0 atom stereocenters. The normalized spacial score (nSPS) is 14.4. The van der Waals surface area contributed by atoms with Crippen LogP contribution in [0.4, 0.5) is 0 Å². The molecular formula is C33H29BN2O. The highest BCUT2D eigenvalue weighted by molar-refractivity contribution is 7.01. The summed E-state index contributed by atoms with van der Waals surface area (Å²) in [5.74, 6) is 1.93. The number of rotatable bonds is 0. The van der Waals surface area contributed by atoms with Crippen molar-refractivity contribution in [2.45, 2.75) is 52.4 Å². The smallest absolute Gasteiger partial charge is 0.258 e. The lowest BCUT2D eigenvalue weighted by Gasteiger charge is -2.35. The van der Waals surface area contributed by atoms with Gasteiger partial charge in [0.05, 0.1) is 16.9 Å². The summed E-state index contributed by atoms with van der Waals surface area (Å²) >= 11 is 0. The number of aromatic nitrogens is 2. The van der Waals surface area contributed by atoms with Crippen LogP contribution in [0.2, 0.25) is 0 Å². The van der Waals surface area contributed by atoms with Crippen molar-refractivity contribution >= 4 is 34.0 Å².